The number of thiazole rings is 1. The van der Waals surface area contributed by atoms with Crippen molar-refractivity contribution in [3.63, 3.8) is 0 Å². The normalized spacial score (nSPS) is 12.2. The average Bonchev–Trinajstić information content (AvgIpc) is 2.82. The third-order valence-electron chi connectivity index (χ3n) is 2.41. The molecule has 1 aromatic heterocycles. The van der Waals surface area contributed by atoms with Gasteiger partial charge in [-0.3, -0.25) is 4.98 Å². The highest BCUT2D eigenvalue weighted by molar-refractivity contribution is 9.10. The van der Waals surface area contributed by atoms with Crippen molar-refractivity contribution in [2.75, 3.05) is 12.4 Å². The van der Waals surface area contributed by atoms with Crippen LogP contribution in [0.2, 0.25) is 0 Å². The lowest BCUT2D eigenvalue weighted by molar-refractivity contribution is 0.412. The highest BCUT2D eigenvalue weighted by Gasteiger charge is 2.08. The van der Waals surface area contributed by atoms with Crippen molar-refractivity contribution in [2.24, 2.45) is 0 Å². The molecule has 5 heteroatoms. The first-order valence-corrected chi connectivity index (χ1v) is 6.86. The fourth-order valence-electron chi connectivity index (χ4n) is 1.52. The molecule has 0 amide bonds. The summed E-state index contributed by atoms with van der Waals surface area (Å²) in [6, 6.07) is 6.20. The molecule has 0 bridgehead atoms. The van der Waals surface area contributed by atoms with Crippen LogP contribution in [0.25, 0.3) is 0 Å². The van der Waals surface area contributed by atoms with Crippen molar-refractivity contribution in [3.8, 4) is 5.75 Å². The summed E-state index contributed by atoms with van der Waals surface area (Å²) < 4.78 is 6.14. The van der Waals surface area contributed by atoms with Gasteiger partial charge in [0, 0.05) is 16.8 Å². The monoisotopic (exact) mass is 312 g/mol. The van der Waals surface area contributed by atoms with E-state index in [9.17, 15) is 0 Å². The van der Waals surface area contributed by atoms with E-state index in [1.807, 2.05) is 29.9 Å². The molecule has 0 saturated carbocycles. The van der Waals surface area contributed by atoms with Gasteiger partial charge >= 0.3 is 0 Å². The summed E-state index contributed by atoms with van der Waals surface area (Å²) in [4.78, 5) is 5.30. The maximum Gasteiger partial charge on any atom is 0.133 e. The molecular formula is C12H13BrN2OS. The van der Waals surface area contributed by atoms with E-state index in [1.165, 1.54) is 4.88 Å². The van der Waals surface area contributed by atoms with Gasteiger partial charge in [-0.2, -0.15) is 0 Å². The molecule has 0 aliphatic carbocycles. The Kier molecular flexibility index (Phi) is 4.02. The highest BCUT2D eigenvalue weighted by Crippen LogP contribution is 2.30. The lowest BCUT2D eigenvalue weighted by atomic mass is 10.2. The van der Waals surface area contributed by atoms with Crippen LogP contribution < -0.4 is 10.1 Å². The molecule has 0 saturated heterocycles. The standard InChI is InChI=1S/C12H13BrN2OS/c1-8(12-6-14-7-17-12)15-9-3-4-11(16-2)10(13)5-9/h3-8,15H,1-2H3. The molecule has 1 heterocycles. The minimum atomic E-state index is 0.253. The van der Waals surface area contributed by atoms with Crippen LogP contribution >= 0.6 is 27.3 Å². The lowest BCUT2D eigenvalue weighted by Crippen LogP contribution is -2.04. The van der Waals surface area contributed by atoms with Gasteiger partial charge in [0.1, 0.15) is 5.75 Å². The third kappa shape index (κ3) is 2.98. The molecule has 0 spiro atoms. The van der Waals surface area contributed by atoms with Crippen molar-refractivity contribution in [1.82, 2.24) is 4.98 Å². The number of ether oxygens (including phenoxy) is 1. The SMILES string of the molecule is COc1ccc(NC(C)c2cncs2)cc1Br. The van der Waals surface area contributed by atoms with Crippen LogP contribution in [0.15, 0.2) is 34.4 Å². The number of anilines is 1. The molecule has 1 atom stereocenters. The number of halogens is 1. The molecule has 1 aromatic carbocycles. The van der Waals surface area contributed by atoms with E-state index in [2.05, 4.69) is 33.2 Å². The number of hydrogen-bond acceptors (Lipinski definition) is 4. The van der Waals surface area contributed by atoms with Crippen LogP contribution in [0.3, 0.4) is 0 Å². The van der Waals surface area contributed by atoms with Crippen LogP contribution in [0.4, 0.5) is 5.69 Å². The molecule has 0 aliphatic rings. The number of methoxy groups -OCH3 is 1. The Morgan fingerprint density at radius 1 is 1.47 bits per heavy atom. The Labute approximate surface area is 113 Å². The second kappa shape index (κ2) is 5.51. The minimum Gasteiger partial charge on any atom is -0.496 e. The first kappa shape index (κ1) is 12.4. The second-order valence-electron chi connectivity index (χ2n) is 3.62. The number of rotatable bonds is 4. The average molecular weight is 313 g/mol. The van der Waals surface area contributed by atoms with E-state index in [0.717, 1.165) is 15.9 Å². The van der Waals surface area contributed by atoms with E-state index >= 15 is 0 Å². The van der Waals surface area contributed by atoms with Gasteiger partial charge in [-0.25, -0.2) is 0 Å². The van der Waals surface area contributed by atoms with E-state index < -0.39 is 0 Å². The molecule has 90 valence electrons. The van der Waals surface area contributed by atoms with Crippen LogP contribution in [0.5, 0.6) is 5.75 Å². The zero-order valence-electron chi connectivity index (χ0n) is 9.61. The summed E-state index contributed by atoms with van der Waals surface area (Å²) in [7, 11) is 1.66. The molecular weight excluding hydrogens is 300 g/mol. The predicted octanol–water partition coefficient (Wildman–Crippen LogP) is 4.09. The Balaban J connectivity index is 2.11. The summed E-state index contributed by atoms with van der Waals surface area (Å²) in [5.74, 6) is 0.834. The molecule has 2 rings (SSSR count). The number of benzene rings is 1. The molecule has 1 unspecified atom stereocenters. The second-order valence-corrected chi connectivity index (χ2v) is 5.39. The van der Waals surface area contributed by atoms with Gasteiger partial charge in [0.2, 0.25) is 0 Å². The number of nitrogens with zero attached hydrogens (tertiary/aromatic N) is 1. The molecule has 2 aromatic rings. The van der Waals surface area contributed by atoms with Gasteiger partial charge in [0.25, 0.3) is 0 Å². The summed E-state index contributed by atoms with van der Waals surface area (Å²) >= 11 is 5.12. The molecule has 0 aliphatic heterocycles. The first-order chi connectivity index (χ1) is 8.20. The van der Waals surface area contributed by atoms with Crippen molar-refractivity contribution >= 4 is 33.0 Å². The van der Waals surface area contributed by atoms with Gasteiger partial charge in [-0.1, -0.05) is 0 Å². The molecule has 0 fully saturated rings. The van der Waals surface area contributed by atoms with Crippen molar-refractivity contribution in [3.05, 3.63) is 39.3 Å². The zero-order chi connectivity index (χ0) is 12.3. The maximum absolute atomic E-state index is 5.19. The number of aromatic nitrogens is 1. The molecule has 17 heavy (non-hydrogen) atoms. The summed E-state index contributed by atoms with van der Waals surface area (Å²) in [6.45, 7) is 2.12. The van der Waals surface area contributed by atoms with Crippen LogP contribution in [-0.4, -0.2) is 12.1 Å². The smallest absolute Gasteiger partial charge is 0.133 e. The van der Waals surface area contributed by atoms with Gasteiger partial charge in [0.15, 0.2) is 0 Å². The van der Waals surface area contributed by atoms with Gasteiger partial charge in [-0.15, -0.1) is 11.3 Å². The Hall–Kier alpha value is -1.07. The fourth-order valence-corrected chi connectivity index (χ4v) is 2.69. The Bertz CT molecular complexity index is 487. The maximum atomic E-state index is 5.19. The van der Waals surface area contributed by atoms with E-state index in [0.29, 0.717) is 0 Å². The fraction of sp³-hybridized carbons (Fsp3) is 0.250. The molecule has 0 radical (unpaired) electrons. The summed E-state index contributed by atoms with van der Waals surface area (Å²) in [6.07, 6.45) is 1.89. The molecule has 3 nitrogen and oxygen atoms in total. The topological polar surface area (TPSA) is 34.1 Å². The minimum absolute atomic E-state index is 0.253. The number of nitrogens with one attached hydrogen (secondary N) is 1. The largest absolute Gasteiger partial charge is 0.496 e. The van der Waals surface area contributed by atoms with E-state index in [4.69, 9.17) is 4.74 Å². The van der Waals surface area contributed by atoms with Crippen LogP contribution in [0, 0.1) is 0 Å². The first-order valence-electron chi connectivity index (χ1n) is 5.19. The highest BCUT2D eigenvalue weighted by atomic mass is 79.9. The number of hydrogen-bond donors (Lipinski definition) is 1. The van der Waals surface area contributed by atoms with Gasteiger partial charge in [-0.05, 0) is 41.1 Å². The third-order valence-corrected chi connectivity index (χ3v) is 3.99. The Morgan fingerprint density at radius 2 is 2.29 bits per heavy atom. The molecule has 1 N–H and O–H groups in total. The zero-order valence-corrected chi connectivity index (χ0v) is 12.0. The van der Waals surface area contributed by atoms with Gasteiger partial charge < -0.3 is 10.1 Å². The van der Waals surface area contributed by atoms with Crippen molar-refractivity contribution in [2.45, 2.75) is 13.0 Å². The summed E-state index contributed by atoms with van der Waals surface area (Å²) in [5.41, 5.74) is 2.90. The Morgan fingerprint density at radius 3 is 2.88 bits per heavy atom. The van der Waals surface area contributed by atoms with E-state index in [-0.39, 0.29) is 6.04 Å². The van der Waals surface area contributed by atoms with Crippen molar-refractivity contribution < 1.29 is 4.74 Å². The lowest BCUT2D eigenvalue weighted by Gasteiger charge is -2.14. The van der Waals surface area contributed by atoms with Gasteiger partial charge in [0.05, 0.1) is 23.1 Å². The predicted molar refractivity (Wildman–Crippen MR) is 74.8 cm³/mol. The van der Waals surface area contributed by atoms with Crippen molar-refractivity contribution in [1.29, 1.82) is 0 Å². The summed E-state index contributed by atoms with van der Waals surface area (Å²) in [5, 5.41) is 3.42. The quantitative estimate of drug-likeness (QED) is 0.923. The van der Waals surface area contributed by atoms with E-state index in [1.54, 1.807) is 18.4 Å². The van der Waals surface area contributed by atoms with Crippen LogP contribution in [-0.2, 0) is 0 Å². The van der Waals surface area contributed by atoms with Crippen LogP contribution in [0.1, 0.15) is 17.8 Å².